The third kappa shape index (κ3) is 8.07. The first-order chi connectivity index (χ1) is 17.8. The van der Waals surface area contributed by atoms with Crippen LogP contribution in [-0.4, -0.2) is 78.4 Å². The molecule has 13 heteroatoms. The molecular weight excluding hydrogens is 509 g/mol. The van der Waals surface area contributed by atoms with E-state index in [-0.39, 0.29) is 25.4 Å². The highest BCUT2D eigenvalue weighted by Crippen LogP contribution is 2.26. The summed E-state index contributed by atoms with van der Waals surface area (Å²) in [5, 5.41) is 17.3. The first-order valence-corrected chi connectivity index (χ1v) is 12.4. The first-order valence-electron chi connectivity index (χ1n) is 12.4. The average molecular weight is 545 g/mol. The number of methoxy groups -OCH3 is 1. The van der Waals surface area contributed by atoms with Crippen LogP contribution in [0, 0.1) is 11.8 Å². The molecule has 1 fully saturated rings. The standard InChI is InChI=1S/C25H35F3N4O6/c1-5-15(21(34)30-17-10-8-16(9-11-17)23(36)38-4)13-29-24(37)32-12-6-7-18(32)22(35)31-19(14(2)3)20(33)25(26,27)28/h8-11,14-15,18-20,33H,5-7,12-13H2,1-4H3,(H,29,37)(H,30,34)(H,31,35)/t15-,18+,19?,20?/m1/s1. The number of likely N-dealkylation sites (tertiary alicyclic amines) is 1. The lowest BCUT2D eigenvalue weighted by atomic mass is 9.97. The number of amides is 4. The largest absolute Gasteiger partial charge is 0.465 e. The zero-order valence-electron chi connectivity index (χ0n) is 21.8. The van der Waals surface area contributed by atoms with Crippen LogP contribution in [-0.2, 0) is 14.3 Å². The van der Waals surface area contributed by atoms with Gasteiger partial charge in [-0.15, -0.1) is 0 Å². The Hall–Kier alpha value is -3.35. The maximum atomic E-state index is 13.0. The minimum Gasteiger partial charge on any atom is -0.465 e. The van der Waals surface area contributed by atoms with E-state index in [4.69, 9.17) is 0 Å². The number of halogens is 3. The van der Waals surface area contributed by atoms with Gasteiger partial charge in [-0.3, -0.25) is 9.59 Å². The lowest BCUT2D eigenvalue weighted by molar-refractivity contribution is -0.215. The van der Waals surface area contributed by atoms with E-state index in [2.05, 4.69) is 20.7 Å². The molecule has 1 aromatic rings. The Morgan fingerprint density at radius 3 is 2.32 bits per heavy atom. The number of hydrogen-bond acceptors (Lipinski definition) is 6. The van der Waals surface area contributed by atoms with E-state index < -0.39 is 54.1 Å². The van der Waals surface area contributed by atoms with Crippen molar-refractivity contribution in [3.05, 3.63) is 29.8 Å². The second-order valence-electron chi connectivity index (χ2n) is 9.47. The van der Waals surface area contributed by atoms with Crippen molar-refractivity contribution in [2.45, 2.75) is 64.4 Å². The molecule has 1 aromatic carbocycles. The monoisotopic (exact) mass is 544 g/mol. The second kappa shape index (κ2) is 13.4. The Balaban J connectivity index is 1.97. The summed E-state index contributed by atoms with van der Waals surface area (Å²) in [5.74, 6) is -2.97. The van der Waals surface area contributed by atoms with Gasteiger partial charge in [0, 0.05) is 18.8 Å². The van der Waals surface area contributed by atoms with Crippen LogP contribution < -0.4 is 16.0 Å². The molecule has 0 radical (unpaired) electrons. The SMILES string of the molecule is CC[C@H](CNC(=O)N1CCC[C@H]1C(=O)NC(C(C)C)C(O)C(F)(F)F)C(=O)Nc1ccc(C(=O)OC)cc1. The van der Waals surface area contributed by atoms with Crippen LogP contribution in [0.4, 0.5) is 23.7 Å². The molecule has 1 heterocycles. The van der Waals surface area contributed by atoms with Gasteiger partial charge in [-0.2, -0.15) is 13.2 Å². The second-order valence-corrected chi connectivity index (χ2v) is 9.47. The Morgan fingerprint density at radius 1 is 1.16 bits per heavy atom. The molecule has 0 bridgehead atoms. The van der Waals surface area contributed by atoms with Gasteiger partial charge in [-0.05, 0) is 49.4 Å². The van der Waals surface area contributed by atoms with Crippen LogP contribution in [0.2, 0.25) is 0 Å². The van der Waals surface area contributed by atoms with E-state index in [0.717, 1.165) is 0 Å². The van der Waals surface area contributed by atoms with Gasteiger partial charge in [0.25, 0.3) is 0 Å². The zero-order valence-corrected chi connectivity index (χ0v) is 21.8. The van der Waals surface area contributed by atoms with Crippen LogP contribution in [0.3, 0.4) is 0 Å². The number of nitrogens with zero attached hydrogens (tertiary/aromatic N) is 1. The number of aliphatic hydroxyl groups is 1. The smallest absolute Gasteiger partial charge is 0.416 e. The summed E-state index contributed by atoms with van der Waals surface area (Å²) in [7, 11) is 1.26. The summed E-state index contributed by atoms with van der Waals surface area (Å²) >= 11 is 0. The van der Waals surface area contributed by atoms with Crippen molar-refractivity contribution >= 4 is 29.5 Å². The number of anilines is 1. The van der Waals surface area contributed by atoms with E-state index in [9.17, 15) is 37.5 Å². The fourth-order valence-corrected chi connectivity index (χ4v) is 4.14. The molecule has 1 saturated heterocycles. The van der Waals surface area contributed by atoms with Crippen LogP contribution in [0.15, 0.2) is 24.3 Å². The Kier molecular flexibility index (Phi) is 10.9. The average Bonchev–Trinajstić information content (AvgIpc) is 3.36. The zero-order chi connectivity index (χ0) is 28.6. The molecule has 38 heavy (non-hydrogen) atoms. The van der Waals surface area contributed by atoms with E-state index >= 15 is 0 Å². The van der Waals surface area contributed by atoms with Crippen molar-refractivity contribution < 1.29 is 42.2 Å². The maximum absolute atomic E-state index is 13.0. The number of carbonyl (C=O) groups is 4. The van der Waals surface area contributed by atoms with Gasteiger partial charge in [-0.25, -0.2) is 9.59 Å². The number of rotatable bonds is 10. The maximum Gasteiger partial charge on any atom is 0.416 e. The minimum atomic E-state index is -4.91. The molecule has 1 aliphatic rings. The molecule has 0 spiro atoms. The molecular formula is C25H35F3N4O6. The summed E-state index contributed by atoms with van der Waals surface area (Å²) < 4.78 is 43.8. The molecule has 10 nitrogen and oxygen atoms in total. The Labute approximate surface area is 219 Å². The highest BCUT2D eigenvalue weighted by Gasteiger charge is 2.46. The van der Waals surface area contributed by atoms with E-state index in [1.54, 1.807) is 19.1 Å². The molecule has 212 valence electrons. The lowest BCUT2D eigenvalue weighted by Gasteiger charge is -2.31. The van der Waals surface area contributed by atoms with Gasteiger partial charge in [0.15, 0.2) is 6.10 Å². The van der Waals surface area contributed by atoms with Gasteiger partial charge < -0.3 is 30.7 Å². The lowest BCUT2D eigenvalue weighted by Crippen LogP contribution is -2.57. The molecule has 2 unspecified atom stereocenters. The summed E-state index contributed by atoms with van der Waals surface area (Å²) in [6.45, 7) is 4.84. The molecule has 0 saturated carbocycles. The highest BCUT2D eigenvalue weighted by molar-refractivity contribution is 5.94. The fraction of sp³-hybridized carbons (Fsp3) is 0.600. The van der Waals surface area contributed by atoms with Gasteiger partial charge in [0.2, 0.25) is 11.8 Å². The third-order valence-corrected chi connectivity index (χ3v) is 6.46. The number of urea groups is 1. The topological polar surface area (TPSA) is 137 Å². The Morgan fingerprint density at radius 2 is 1.79 bits per heavy atom. The van der Waals surface area contributed by atoms with Crippen molar-refractivity contribution in [3.8, 4) is 0 Å². The van der Waals surface area contributed by atoms with Gasteiger partial charge >= 0.3 is 18.2 Å². The quantitative estimate of drug-likeness (QED) is 0.335. The number of hydrogen-bond donors (Lipinski definition) is 4. The third-order valence-electron chi connectivity index (χ3n) is 6.46. The molecule has 0 aliphatic carbocycles. The number of benzene rings is 1. The summed E-state index contributed by atoms with van der Waals surface area (Å²) in [6, 6.07) is 2.91. The minimum absolute atomic E-state index is 0.0341. The van der Waals surface area contributed by atoms with E-state index in [1.165, 1.54) is 38.0 Å². The van der Waals surface area contributed by atoms with Crippen molar-refractivity contribution in [2.24, 2.45) is 11.8 Å². The van der Waals surface area contributed by atoms with Crippen LogP contribution in [0.5, 0.6) is 0 Å². The number of esters is 1. The number of alkyl halides is 3. The fourth-order valence-electron chi connectivity index (χ4n) is 4.14. The van der Waals surface area contributed by atoms with Crippen LogP contribution in [0.25, 0.3) is 0 Å². The number of carbonyl (C=O) groups excluding carboxylic acids is 4. The van der Waals surface area contributed by atoms with E-state index in [0.29, 0.717) is 24.1 Å². The van der Waals surface area contributed by atoms with E-state index in [1.807, 2.05) is 0 Å². The van der Waals surface area contributed by atoms with Crippen LogP contribution in [0.1, 0.15) is 50.4 Å². The first kappa shape index (κ1) is 30.9. The molecule has 2 rings (SSSR count). The molecule has 4 N–H and O–H groups in total. The molecule has 0 aromatic heterocycles. The van der Waals surface area contributed by atoms with Crippen molar-refractivity contribution in [1.29, 1.82) is 0 Å². The number of ether oxygens (including phenoxy) is 1. The summed E-state index contributed by atoms with van der Waals surface area (Å²) in [6.07, 6.45) is -6.53. The molecule has 4 atom stereocenters. The summed E-state index contributed by atoms with van der Waals surface area (Å²) in [5.41, 5.74) is 0.770. The number of aliphatic hydroxyl groups excluding tert-OH is 1. The van der Waals surface area contributed by atoms with Gasteiger partial charge in [0.1, 0.15) is 6.04 Å². The van der Waals surface area contributed by atoms with Crippen molar-refractivity contribution in [2.75, 3.05) is 25.5 Å². The Bertz CT molecular complexity index is 986. The molecule has 1 aliphatic heterocycles. The van der Waals surface area contributed by atoms with Crippen LogP contribution >= 0.6 is 0 Å². The van der Waals surface area contributed by atoms with Crippen molar-refractivity contribution in [1.82, 2.24) is 15.5 Å². The predicted molar refractivity (Wildman–Crippen MR) is 132 cm³/mol. The normalized spacial score (nSPS) is 17.9. The van der Waals surface area contributed by atoms with Gasteiger partial charge in [0.05, 0.1) is 24.6 Å². The van der Waals surface area contributed by atoms with Gasteiger partial charge in [-0.1, -0.05) is 20.8 Å². The summed E-state index contributed by atoms with van der Waals surface area (Å²) in [4.78, 5) is 51.1. The predicted octanol–water partition coefficient (Wildman–Crippen LogP) is 2.68. The highest BCUT2D eigenvalue weighted by atomic mass is 19.4. The van der Waals surface area contributed by atoms with Crippen molar-refractivity contribution in [3.63, 3.8) is 0 Å². The number of nitrogens with one attached hydrogen (secondary N) is 3. The molecule has 4 amide bonds.